The molecule has 1 aliphatic rings. The fourth-order valence-electron chi connectivity index (χ4n) is 2.50. The van der Waals surface area contributed by atoms with Crippen LogP contribution in [0.1, 0.15) is 25.3 Å². The third-order valence-electron chi connectivity index (χ3n) is 3.75. The summed E-state index contributed by atoms with van der Waals surface area (Å²) in [5.41, 5.74) is 8.39. The molecule has 0 aromatic heterocycles. The van der Waals surface area contributed by atoms with Gasteiger partial charge in [0.25, 0.3) is 0 Å². The molecule has 1 aliphatic heterocycles. The molecular weight excluding hydrogens is 252 g/mol. The van der Waals surface area contributed by atoms with Crippen molar-refractivity contribution in [2.45, 2.75) is 32.7 Å². The van der Waals surface area contributed by atoms with Crippen molar-refractivity contribution in [3.63, 3.8) is 0 Å². The van der Waals surface area contributed by atoms with Gasteiger partial charge in [-0.15, -0.1) is 0 Å². The van der Waals surface area contributed by atoms with Crippen LogP contribution in [0.25, 0.3) is 0 Å². The minimum absolute atomic E-state index is 0.369. The Morgan fingerprint density at radius 3 is 2.65 bits per heavy atom. The number of piperidine rings is 1. The second-order valence-corrected chi connectivity index (χ2v) is 5.32. The Bertz CT molecular complexity index is 415. The molecule has 0 atom stereocenters. The van der Waals surface area contributed by atoms with E-state index in [4.69, 9.17) is 15.2 Å². The number of ether oxygens (including phenoxy) is 2. The predicted octanol–water partition coefficient (Wildman–Crippen LogP) is 2.34. The van der Waals surface area contributed by atoms with Crippen LogP contribution in [-0.2, 0) is 4.74 Å². The lowest BCUT2D eigenvalue weighted by molar-refractivity contribution is 0.110. The number of hydrogen-bond donors (Lipinski definition) is 1. The number of nitrogens with two attached hydrogens (primary N) is 1. The fourth-order valence-corrected chi connectivity index (χ4v) is 2.50. The molecule has 4 nitrogen and oxygen atoms in total. The van der Waals surface area contributed by atoms with Crippen LogP contribution < -0.4 is 15.4 Å². The predicted molar refractivity (Wildman–Crippen MR) is 82.6 cm³/mol. The second-order valence-electron chi connectivity index (χ2n) is 5.32. The quantitative estimate of drug-likeness (QED) is 0.811. The van der Waals surface area contributed by atoms with Crippen molar-refractivity contribution in [3.8, 4) is 5.75 Å². The Morgan fingerprint density at radius 1 is 1.25 bits per heavy atom. The zero-order valence-corrected chi connectivity index (χ0v) is 12.6. The number of nitrogens with zero attached hydrogens (tertiary/aromatic N) is 1. The lowest BCUT2D eigenvalue weighted by atomic mass is 10.0. The largest absolute Gasteiger partial charge is 0.491 e. The van der Waals surface area contributed by atoms with Gasteiger partial charge in [-0.1, -0.05) is 0 Å². The number of rotatable bonds is 6. The van der Waals surface area contributed by atoms with Crippen molar-refractivity contribution in [2.24, 2.45) is 5.73 Å². The SMILES string of the molecule is CCOCCOc1ccc(N2CCC(N)CC2)cc1C. The first-order chi connectivity index (χ1) is 9.70. The maximum absolute atomic E-state index is 5.95. The van der Waals surface area contributed by atoms with Gasteiger partial charge in [0.15, 0.2) is 0 Å². The average molecular weight is 278 g/mol. The van der Waals surface area contributed by atoms with E-state index in [1.165, 1.54) is 11.3 Å². The molecule has 1 aromatic carbocycles. The zero-order chi connectivity index (χ0) is 14.4. The third-order valence-corrected chi connectivity index (χ3v) is 3.75. The van der Waals surface area contributed by atoms with E-state index < -0.39 is 0 Å². The smallest absolute Gasteiger partial charge is 0.122 e. The van der Waals surface area contributed by atoms with E-state index in [9.17, 15) is 0 Å². The van der Waals surface area contributed by atoms with E-state index in [2.05, 4.69) is 30.0 Å². The highest BCUT2D eigenvalue weighted by atomic mass is 16.5. The molecule has 0 radical (unpaired) electrons. The van der Waals surface area contributed by atoms with Crippen LogP contribution in [0.4, 0.5) is 5.69 Å². The lowest BCUT2D eigenvalue weighted by Gasteiger charge is -2.32. The van der Waals surface area contributed by atoms with Crippen molar-refractivity contribution in [1.82, 2.24) is 0 Å². The third kappa shape index (κ3) is 4.12. The molecule has 1 aromatic rings. The summed E-state index contributed by atoms with van der Waals surface area (Å²) >= 11 is 0. The first-order valence-corrected chi connectivity index (χ1v) is 7.52. The summed E-state index contributed by atoms with van der Waals surface area (Å²) < 4.78 is 11.0. The highest BCUT2D eigenvalue weighted by molar-refractivity contribution is 5.53. The first-order valence-electron chi connectivity index (χ1n) is 7.52. The molecule has 1 fully saturated rings. The molecule has 2 rings (SSSR count). The second kappa shape index (κ2) is 7.50. The Morgan fingerprint density at radius 2 is 2.00 bits per heavy atom. The molecule has 0 unspecified atom stereocenters. The summed E-state index contributed by atoms with van der Waals surface area (Å²) in [6, 6.07) is 6.77. The van der Waals surface area contributed by atoms with Crippen LogP contribution in [0.3, 0.4) is 0 Å². The van der Waals surface area contributed by atoms with Crippen molar-refractivity contribution >= 4 is 5.69 Å². The Hall–Kier alpha value is -1.26. The summed E-state index contributed by atoms with van der Waals surface area (Å²) in [4.78, 5) is 2.40. The molecule has 1 saturated heterocycles. The van der Waals surface area contributed by atoms with Crippen molar-refractivity contribution in [3.05, 3.63) is 23.8 Å². The fraction of sp³-hybridized carbons (Fsp3) is 0.625. The lowest BCUT2D eigenvalue weighted by Crippen LogP contribution is -2.39. The molecule has 2 N–H and O–H groups in total. The number of anilines is 1. The first kappa shape index (κ1) is 15.1. The average Bonchev–Trinajstić information content (AvgIpc) is 2.46. The van der Waals surface area contributed by atoms with Gasteiger partial charge in [-0.25, -0.2) is 0 Å². The zero-order valence-electron chi connectivity index (χ0n) is 12.6. The van der Waals surface area contributed by atoms with Gasteiger partial charge in [-0.2, -0.15) is 0 Å². The molecule has 0 bridgehead atoms. The van der Waals surface area contributed by atoms with Crippen LogP contribution in [0.5, 0.6) is 5.75 Å². The van der Waals surface area contributed by atoms with E-state index in [1.54, 1.807) is 0 Å². The van der Waals surface area contributed by atoms with Gasteiger partial charge in [0.05, 0.1) is 6.61 Å². The monoisotopic (exact) mass is 278 g/mol. The molecule has 0 spiro atoms. The van der Waals surface area contributed by atoms with Gasteiger partial charge in [0, 0.05) is 31.4 Å². The van der Waals surface area contributed by atoms with Crippen LogP contribution in [0.15, 0.2) is 18.2 Å². The van der Waals surface area contributed by atoms with E-state index >= 15 is 0 Å². The molecule has 112 valence electrons. The maximum atomic E-state index is 5.95. The molecular formula is C16H26N2O2. The molecule has 20 heavy (non-hydrogen) atoms. The normalized spacial score (nSPS) is 16.4. The van der Waals surface area contributed by atoms with Crippen LogP contribution in [-0.4, -0.2) is 39.0 Å². The van der Waals surface area contributed by atoms with Gasteiger partial charge < -0.3 is 20.1 Å². The molecule has 0 aliphatic carbocycles. The van der Waals surface area contributed by atoms with Gasteiger partial charge in [0.2, 0.25) is 0 Å². The van der Waals surface area contributed by atoms with Gasteiger partial charge in [-0.05, 0) is 50.5 Å². The van der Waals surface area contributed by atoms with Crippen molar-refractivity contribution < 1.29 is 9.47 Å². The van der Waals surface area contributed by atoms with Crippen molar-refractivity contribution in [1.29, 1.82) is 0 Å². The van der Waals surface area contributed by atoms with Gasteiger partial charge >= 0.3 is 0 Å². The Labute approximate surface area is 121 Å². The van der Waals surface area contributed by atoms with Gasteiger partial charge in [-0.3, -0.25) is 0 Å². The van der Waals surface area contributed by atoms with E-state index in [-0.39, 0.29) is 0 Å². The van der Waals surface area contributed by atoms with Crippen LogP contribution in [0, 0.1) is 6.92 Å². The minimum Gasteiger partial charge on any atom is -0.491 e. The summed E-state index contributed by atoms with van der Waals surface area (Å²) in [5.74, 6) is 0.946. The van der Waals surface area contributed by atoms with Gasteiger partial charge in [0.1, 0.15) is 12.4 Å². The summed E-state index contributed by atoms with van der Waals surface area (Å²) in [5, 5.41) is 0. The topological polar surface area (TPSA) is 47.7 Å². The molecule has 0 saturated carbocycles. The summed E-state index contributed by atoms with van der Waals surface area (Å²) in [6.45, 7) is 8.16. The van der Waals surface area contributed by atoms with Crippen LogP contribution in [0.2, 0.25) is 0 Å². The highest BCUT2D eigenvalue weighted by Crippen LogP contribution is 2.26. The van der Waals surface area contributed by atoms with Crippen molar-refractivity contribution in [2.75, 3.05) is 37.8 Å². The highest BCUT2D eigenvalue weighted by Gasteiger charge is 2.16. The number of benzene rings is 1. The number of hydrogen-bond acceptors (Lipinski definition) is 4. The van der Waals surface area contributed by atoms with E-state index in [0.717, 1.165) is 38.3 Å². The van der Waals surface area contributed by atoms with E-state index in [0.29, 0.717) is 19.3 Å². The molecule has 1 heterocycles. The Balaban J connectivity index is 1.91. The summed E-state index contributed by atoms with van der Waals surface area (Å²) in [6.07, 6.45) is 2.15. The van der Waals surface area contributed by atoms with E-state index in [1.807, 2.05) is 6.92 Å². The molecule has 4 heteroatoms. The standard InChI is InChI=1S/C16H26N2O2/c1-3-19-10-11-20-16-5-4-15(12-13(16)2)18-8-6-14(17)7-9-18/h4-5,12,14H,3,6-11,17H2,1-2H3. The Kier molecular flexibility index (Phi) is 5.68. The minimum atomic E-state index is 0.369. The molecule has 0 amide bonds. The number of aryl methyl sites for hydroxylation is 1. The van der Waals surface area contributed by atoms with Crippen LogP contribution >= 0.6 is 0 Å². The maximum Gasteiger partial charge on any atom is 0.122 e. The summed E-state index contributed by atoms with van der Waals surface area (Å²) in [7, 11) is 0.